The third-order valence-electron chi connectivity index (χ3n) is 8.01. The predicted octanol–water partition coefficient (Wildman–Crippen LogP) is 6.78. The van der Waals surface area contributed by atoms with E-state index in [1.807, 2.05) is 11.5 Å². The number of rotatable bonds is 8. The molecule has 0 aliphatic carbocycles. The van der Waals surface area contributed by atoms with Crippen LogP contribution in [0.15, 0.2) is 42.5 Å². The van der Waals surface area contributed by atoms with Crippen molar-refractivity contribution in [2.24, 2.45) is 0 Å². The van der Waals surface area contributed by atoms with Gasteiger partial charge in [-0.15, -0.1) is 0 Å². The van der Waals surface area contributed by atoms with Gasteiger partial charge in [-0.2, -0.15) is 13.2 Å². The fraction of sp³-hybridized carbons (Fsp3) is 0.355. The van der Waals surface area contributed by atoms with Crippen molar-refractivity contribution in [3.8, 4) is 5.75 Å². The zero-order valence-electron chi connectivity index (χ0n) is 23.2. The smallest absolute Gasteiger partial charge is 0.419 e. The standard InChI is InChI=1S/C31H28ClF4N3O4/c1-17-8-20(30(40)41)10-26-29(17)37-28(39(26)14-23-5-7-42-23)15-38-6-4-18-9-24(31(34,35)36)27(11-21(18)13-38)43-16-19-2-3-22(32)12-25(19)33/h2-3,8-12,23H,4-7,13-16H2,1H3,(H,40,41)/t23-/m0/s1. The zero-order chi connectivity index (χ0) is 30.5. The van der Waals surface area contributed by atoms with Crippen molar-refractivity contribution >= 4 is 28.6 Å². The lowest BCUT2D eigenvalue weighted by atomic mass is 9.96. The van der Waals surface area contributed by atoms with Crippen molar-refractivity contribution in [1.82, 2.24) is 14.5 Å². The summed E-state index contributed by atoms with van der Waals surface area (Å²) >= 11 is 5.80. The molecule has 0 radical (unpaired) electrons. The maximum atomic E-state index is 14.3. The number of nitrogens with zero attached hydrogens (tertiary/aromatic N) is 3. The van der Waals surface area contributed by atoms with Crippen molar-refractivity contribution in [2.75, 3.05) is 13.2 Å². The number of fused-ring (bicyclic) bond motifs is 2. The van der Waals surface area contributed by atoms with Crippen LogP contribution in [0.2, 0.25) is 5.02 Å². The molecule has 0 bridgehead atoms. The van der Waals surface area contributed by atoms with E-state index in [4.69, 9.17) is 26.1 Å². The van der Waals surface area contributed by atoms with E-state index in [1.54, 1.807) is 12.1 Å². The molecule has 0 saturated carbocycles. The SMILES string of the molecule is Cc1cc(C(=O)O)cc2c1nc(CN1CCc3cc(C(F)(F)F)c(OCc4ccc(Cl)cc4F)cc3C1)n2C[C@@H]1CCO1. The first kappa shape index (κ1) is 29.4. The summed E-state index contributed by atoms with van der Waals surface area (Å²) in [6, 6.07) is 9.66. The quantitative estimate of drug-likeness (QED) is 0.220. The number of hydrogen-bond donors (Lipinski definition) is 1. The topological polar surface area (TPSA) is 76.8 Å². The van der Waals surface area contributed by atoms with Crippen molar-refractivity contribution < 1.29 is 36.9 Å². The number of benzene rings is 3. The van der Waals surface area contributed by atoms with E-state index in [2.05, 4.69) is 4.90 Å². The first-order valence-corrected chi connectivity index (χ1v) is 14.2. The zero-order valence-corrected chi connectivity index (χ0v) is 23.9. The average Bonchev–Trinajstić information content (AvgIpc) is 3.26. The van der Waals surface area contributed by atoms with Gasteiger partial charge in [0.15, 0.2) is 0 Å². The summed E-state index contributed by atoms with van der Waals surface area (Å²) in [6.45, 7) is 3.87. The van der Waals surface area contributed by atoms with Crippen molar-refractivity contribution in [2.45, 2.75) is 58.3 Å². The second-order valence-corrected chi connectivity index (χ2v) is 11.4. The second-order valence-electron chi connectivity index (χ2n) is 11.0. The minimum absolute atomic E-state index is 0.00186. The molecule has 0 amide bonds. The van der Waals surface area contributed by atoms with E-state index in [9.17, 15) is 27.5 Å². The van der Waals surface area contributed by atoms with Gasteiger partial charge in [0.1, 0.15) is 24.0 Å². The number of carboxylic acid groups (broad SMARTS) is 1. The Morgan fingerprint density at radius 2 is 1.98 bits per heavy atom. The predicted molar refractivity (Wildman–Crippen MR) is 151 cm³/mol. The van der Waals surface area contributed by atoms with Crippen LogP contribution < -0.4 is 4.74 Å². The molecule has 1 aromatic heterocycles. The van der Waals surface area contributed by atoms with Gasteiger partial charge in [-0.3, -0.25) is 4.90 Å². The van der Waals surface area contributed by atoms with Crippen LogP contribution in [0.4, 0.5) is 17.6 Å². The summed E-state index contributed by atoms with van der Waals surface area (Å²) in [7, 11) is 0. The number of alkyl halides is 3. The summed E-state index contributed by atoms with van der Waals surface area (Å²) in [6.07, 6.45) is -3.38. The van der Waals surface area contributed by atoms with Crippen LogP contribution in [0.3, 0.4) is 0 Å². The highest BCUT2D eigenvalue weighted by atomic mass is 35.5. The lowest BCUT2D eigenvalue weighted by molar-refractivity contribution is -0.139. The second kappa shape index (κ2) is 11.4. The van der Waals surface area contributed by atoms with Crippen molar-refractivity contribution in [1.29, 1.82) is 0 Å². The highest BCUT2D eigenvalue weighted by Gasteiger charge is 2.36. The molecule has 6 rings (SSSR count). The number of carbonyl (C=O) groups is 1. The molecule has 1 N–H and O–H groups in total. The van der Waals surface area contributed by atoms with Crippen LogP contribution in [-0.4, -0.2) is 44.8 Å². The van der Waals surface area contributed by atoms with Gasteiger partial charge in [0, 0.05) is 30.3 Å². The summed E-state index contributed by atoms with van der Waals surface area (Å²) in [4.78, 5) is 18.7. The molecule has 4 aromatic rings. The van der Waals surface area contributed by atoms with Crippen molar-refractivity contribution in [3.63, 3.8) is 0 Å². The molecule has 43 heavy (non-hydrogen) atoms. The molecular formula is C31H28ClF4N3O4. The molecule has 0 spiro atoms. The molecule has 0 unspecified atom stereocenters. The molecule has 1 atom stereocenters. The minimum atomic E-state index is -4.65. The fourth-order valence-electron chi connectivity index (χ4n) is 5.64. The van der Waals surface area contributed by atoms with E-state index in [1.165, 1.54) is 18.2 Å². The number of hydrogen-bond acceptors (Lipinski definition) is 5. The van der Waals surface area contributed by atoms with Crippen LogP contribution >= 0.6 is 11.6 Å². The first-order chi connectivity index (χ1) is 20.5. The summed E-state index contributed by atoms with van der Waals surface area (Å²) < 4.78 is 69.5. The van der Waals surface area contributed by atoms with Gasteiger partial charge in [0.05, 0.1) is 41.4 Å². The van der Waals surface area contributed by atoms with Gasteiger partial charge >= 0.3 is 12.1 Å². The third kappa shape index (κ3) is 6.07. The maximum Gasteiger partial charge on any atom is 0.419 e. The molecule has 12 heteroatoms. The van der Waals surface area contributed by atoms with Crippen LogP contribution in [0.1, 0.15) is 50.4 Å². The molecule has 1 fully saturated rings. The number of halogens is 5. The molecule has 3 heterocycles. The highest BCUT2D eigenvalue weighted by molar-refractivity contribution is 6.30. The molecule has 226 valence electrons. The highest BCUT2D eigenvalue weighted by Crippen LogP contribution is 2.40. The molecule has 1 saturated heterocycles. The van der Waals surface area contributed by atoms with Gasteiger partial charge in [0.25, 0.3) is 0 Å². The van der Waals surface area contributed by atoms with E-state index < -0.39 is 23.5 Å². The molecule has 7 nitrogen and oxygen atoms in total. The van der Waals surface area contributed by atoms with E-state index >= 15 is 0 Å². The number of imidazole rings is 1. The number of aromatic carboxylic acids is 1. The van der Waals surface area contributed by atoms with Crippen LogP contribution in [0, 0.1) is 12.7 Å². The number of aromatic nitrogens is 2. The monoisotopic (exact) mass is 617 g/mol. The van der Waals surface area contributed by atoms with Gasteiger partial charge < -0.3 is 19.1 Å². The number of ether oxygens (including phenoxy) is 2. The molecular weight excluding hydrogens is 590 g/mol. The Hall–Kier alpha value is -3.67. The number of carboxylic acids is 1. The Morgan fingerprint density at radius 1 is 1.19 bits per heavy atom. The van der Waals surface area contributed by atoms with Gasteiger partial charge in [-0.05, 0) is 72.9 Å². The number of aryl methyl sites for hydroxylation is 1. The van der Waals surface area contributed by atoms with Gasteiger partial charge in [-0.1, -0.05) is 17.7 Å². The Bertz CT molecular complexity index is 1720. The third-order valence-corrected chi connectivity index (χ3v) is 8.25. The lowest BCUT2D eigenvalue weighted by Gasteiger charge is -2.31. The molecule has 2 aliphatic rings. The Labute approximate surface area is 249 Å². The fourth-order valence-corrected chi connectivity index (χ4v) is 5.79. The van der Waals surface area contributed by atoms with E-state index in [0.717, 1.165) is 29.9 Å². The summed E-state index contributed by atoms with van der Waals surface area (Å²) in [5.41, 5.74) is 2.77. The Kier molecular flexibility index (Phi) is 7.82. The molecule has 2 aliphatic heterocycles. The maximum absolute atomic E-state index is 14.3. The van der Waals surface area contributed by atoms with Crippen LogP contribution in [0.25, 0.3) is 11.0 Å². The first-order valence-electron chi connectivity index (χ1n) is 13.8. The summed E-state index contributed by atoms with van der Waals surface area (Å²) in [5, 5.41) is 9.79. The van der Waals surface area contributed by atoms with Gasteiger partial charge in [0.2, 0.25) is 0 Å². The normalized spacial score (nSPS) is 17.1. The Balaban J connectivity index is 1.29. The average molecular weight is 618 g/mol. The van der Waals surface area contributed by atoms with E-state index in [0.29, 0.717) is 61.4 Å². The minimum Gasteiger partial charge on any atom is -0.488 e. The lowest BCUT2D eigenvalue weighted by Crippen LogP contribution is -2.34. The van der Waals surface area contributed by atoms with Crippen LogP contribution in [-0.2, 0) is 43.6 Å². The largest absolute Gasteiger partial charge is 0.488 e. The summed E-state index contributed by atoms with van der Waals surface area (Å²) in [5.74, 6) is -1.33. The van der Waals surface area contributed by atoms with Gasteiger partial charge in [-0.25, -0.2) is 14.2 Å². The van der Waals surface area contributed by atoms with Crippen LogP contribution in [0.5, 0.6) is 5.75 Å². The molecule has 3 aromatic carbocycles. The van der Waals surface area contributed by atoms with Crippen molar-refractivity contribution in [3.05, 3.63) is 92.5 Å². The van der Waals surface area contributed by atoms with E-state index in [-0.39, 0.29) is 34.6 Å². The Morgan fingerprint density at radius 3 is 2.65 bits per heavy atom.